The Morgan fingerprint density at radius 1 is 1.40 bits per heavy atom. The van der Waals surface area contributed by atoms with Crippen molar-refractivity contribution in [2.75, 3.05) is 26.3 Å². The largest absolute Gasteiger partial charge is 0.463 e. The number of nitrogens with zero attached hydrogens (tertiary/aromatic N) is 1. The lowest BCUT2D eigenvalue weighted by molar-refractivity contribution is 0.0661. The van der Waals surface area contributed by atoms with Crippen molar-refractivity contribution in [2.24, 2.45) is 0 Å². The van der Waals surface area contributed by atoms with Crippen LogP contribution in [0.15, 0.2) is 28.9 Å². The lowest BCUT2D eigenvalue weighted by atomic mass is 10.1. The summed E-state index contributed by atoms with van der Waals surface area (Å²) in [5.41, 5.74) is 5.62. The normalized spacial score (nSPS) is 16.4. The average Bonchev–Trinajstić information content (AvgIpc) is 2.71. The average molecular weight is 274 g/mol. The molecule has 1 amide bonds. The van der Waals surface area contributed by atoms with Gasteiger partial charge in [-0.2, -0.15) is 0 Å². The molecule has 1 aliphatic heterocycles. The molecule has 5 heteroatoms. The summed E-state index contributed by atoms with van der Waals surface area (Å²) in [5, 5.41) is 2.48. The van der Waals surface area contributed by atoms with Gasteiger partial charge in [0.2, 0.25) is 0 Å². The minimum atomic E-state index is -0.0671. The number of rotatable bonds is 2. The van der Waals surface area contributed by atoms with E-state index in [1.807, 2.05) is 18.2 Å². The van der Waals surface area contributed by atoms with Gasteiger partial charge in [-0.15, -0.1) is 0 Å². The van der Waals surface area contributed by atoms with Gasteiger partial charge in [-0.05, 0) is 24.1 Å². The van der Waals surface area contributed by atoms with Gasteiger partial charge < -0.3 is 9.15 Å². The molecule has 0 unspecified atom stereocenters. The molecule has 0 aliphatic carbocycles. The van der Waals surface area contributed by atoms with E-state index in [0.29, 0.717) is 31.9 Å². The highest BCUT2D eigenvalue weighted by Gasteiger charge is 2.21. The smallest absolute Gasteiger partial charge is 0.271 e. The van der Waals surface area contributed by atoms with E-state index < -0.39 is 0 Å². The van der Waals surface area contributed by atoms with Gasteiger partial charge in [0.15, 0.2) is 0 Å². The fourth-order valence-corrected chi connectivity index (χ4v) is 2.37. The fraction of sp³-hybridized carbons (Fsp3) is 0.400. The van der Waals surface area contributed by atoms with Crippen LogP contribution < -0.4 is 5.43 Å². The predicted molar refractivity (Wildman–Crippen MR) is 75.5 cm³/mol. The van der Waals surface area contributed by atoms with Crippen LogP contribution >= 0.6 is 0 Å². The molecule has 1 saturated heterocycles. The monoisotopic (exact) mass is 274 g/mol. The van der Waals surface area contributed by atoms with Crippen molar-refractivity contribution in [3.05, 3.63) is 35.6 Å². The van der Waals surface area contributed by atoms with Crippen LogP contribution in [-0.2, 0) is 11.2 Å². The SMILES string of the molecule is CCc1ccc2occ(C(=O)N3CCOCCN3)c2c1. The van der Waals surface area contributed by atoms with Crippen LogP contribution in [0.25, 0.3) is 11.0 Å². The summed E-state index contributed by atoms with van der Waals surface area (Å²) in [7, 11) is 0. The number of hydrogen-bond donors (Lipinski definition) is 1. The van der Waals surface area contributed by atoms with Gasteiger partial charge in [0, 0.05) is 11.9 Å². The van der Waals surface area contributed by atoms with Crippen molar-refractivity contribution >= 4 is 16.9 Å². The maximum atomic E-state index is 12.6. The van der Waals surface area contributed by atoms with E-state index in [1.165, 1.54) is 5.56 Å². The van der Waals surface area contributed by atoms with Crippen LogP contribution in [0.5, 0.6) is 0 Å². The first-order valence-corrected chi connectivity index (χ1v) is 6.93. The molecule has 1 fully saturated rings. The first kappa shape index (κ1) is 13.1. The second-order valence-corrected chi connectivity index (χ2v) is 4.81. The lowest BCUT2D eigenvalue weighted by Crippen LogP contribution is -2.43. The van der Waals surface area contributed by atoms with Crippen LogP contribution in [-0.4, -0.2) is 37.2 Å². The number of ether oxygens (including phenoxy) is 1. The van der Waals surface area contributed by atoms with E-state index in [0.717, 1.165) is 17.4 Å². The standard InChI is InChI=1S/C15H18N2O3/c1-2-11-3-4-14-12(9-11)13(10-20-14)15(18)17-6-8-19-7-5-16-17/h3-4,9-10,16H,2,5-8H2,1H3. The molecule has 2 aromatic rings. The Hall–Kier alpha value is -1.85. The van der Waals surface area contributed by atoms with Crippen LogP contribution in [0.3, 0.4) is 0 Å². The van der Waals surface area contributed by atoms with Crippen molar-refractivity contribution in [1.82, 2.24) is 10.4 Å². The van der Waals surface area contributed by atoms with E-state index in [9.17, 15) is 4.79 Å². The van der Waals surface area contributed by atoms with E-state index in [2.05, 4.69) is 12.3 Å². The summed E-state index contributed by atoms with van der Waals surface area (Å²) in [6.07, 6.45) is 2.48. The Morgan fingerprint density at radius 3 is 3.15 bits per heavy atom. The molecule has 3 rings (SSSR count). The summed E-state index contributed by atoms with van der Waals surface area (Å²) in [5.74, 6) is -0.0671. The Balaban J connectivity index is 1.94. The highest BCUT2D eigenvalue weighted by molar-refractivity contribution is 6.05. The zero-order valence-electron chi connectivity index (χ0n) is 11.5. The Kier molecular flexibility index (Phi) is 3.71. The number of hydrazine groups is 1. The van der Waals surface area contributed by atoms with Crippen molar-refractivity contribution in [3.8, 4) is 0 Å². The molecule has 2 heterocycles. The maximum absolute atomic E-state index is 12.6. The topological polar surface area (TPSA) is 54.7 Å². The Bertz CT molecular complexity index is 613. The van der Waals surface area contributed by atoms with Crippen molar-refractivity contribution in [1.29, 1.82) is 0 Å². The first-order valence-electron chi connectivity index (χ1n) is 6.93. The zero-order chi connectivity index (χ0) is 13.9. The van der Waals surface area contributed by atoms with E-state index >= 15 is 0 Å². The summed E-state index contributed by atoms with van der Waals surface area (Å²) in [4.78, 5) is 12.6. The molecule has 0 radical (unpaired) electrons. The minimum absolute atomic E-state index is 0.0671. The fourth-order valence-electron chi connectivity index (χ4n) is 2.37. The summed E-state index contributed by atoms with van der Waals surface area (Å²) in [6, 6.07) is 5.97. The van der Waals surface area contributed by atoms with Crippen LogP contribution in [0.4, 0.5) is 0 Å². The van der Waals surface area contributed by atoms with Gasteiger partial charge in [0.25, 0.3) is 5.91 Å². The predicted octanol–water partition coefficient (Wildman–Crippen LogP) is 1.97. The van der Waals surface area contributed by atoms with Crippen molar-refractivity contribution in [3.63, 3.8) is 0 Å². The number of aryl methyl sites for hydroxylation is 1. The quantitative estimate of drug-likeness (QED) is 0.909. The number of carbonyl (C=O) groups is 1. The summed E-state index contributed by atoms with van der Waals surface area (Å²) in [6.45, 7) is 4.45. The van der Waals surface area contributed by atoms with Gasteiger partial charge in [0.1, 0.15) is 11.8 Å². The molecule has 0 saturated carbocycles. The molecule has 20 heavy (non-hydrogen) atoms. The van der Waals surface area contributed by atoms with E-state index in [1.54, 1.807) is 11.3 Å². The first-order chi connectivity index (χ1) is 9.79. The van der Waals surface area contributed by atoms with Gasteiger partial charge in [-0.25, -0.2) is 5.43 Å². The molecule has 0 atom stereocenters. The second-order valence-electron chi connectivity index (χ2n) is 4.81. The molecular weight excluding hydrogens is 256 g/mol. The van der Waals surface area contributed by atoms with Crippen molar-refractivity contribution < 1.29 is 13.9 Å². The number of furan rings is 1. The number of fused-ring (bicyclic) bond motifs is 1. The number of hydrogen-bond acceptors (Lipinski definition) is 4. The van der Waals surface area contributed by atoms with Gasteiger partial charge >= 0.3 is 0 Å². The number of nitrogens with one attached hydrogen (secondary N) is 1. The molecule has 5 nitrogen and oxygen atoms in total. The zero-order valence-corrected chi connectivity index (χ0v) is 11.5. The molecule has 106 valence electrons. The molecule has 1 aliphatic rings. The number of benzene rings is 1. The third-order valence-electron chi connectivity index (χ3n) is 3.53. The highest BCUT2D eigenvalue weighted by Crippen LogP contribution is 2.24. The van der Waals surface area contributed by atoms with Crippen LogP contribution in [0, 0.1) is 0 Å². The number of carbonyl (C=O) groups excluding carboxylic acids is 1. The van der Waals surface area contributed by atoms with Crippen LogP contribution in [0.1, 0.15) is 22.8 Å². The number of amides is 1. The molecule has 0 spiro atoms. The lowest BCUT2D eigenvalue weighted by Gasteiger charge is -2.19. The third-order valence-corrected chi connectivity index (χ3v) is 3.53. The third kappa shape index (κ3) is 2.42. The molecule has 1 aromatic carbocycles. The van der Waals surface area contributed by atoms with Gasteiger partial charge in [-0.3, -0.25) is 9.80 Å². The summed E-state index contributed by atoms with van der Waals surface area (Å²) < 4.78 is 10.8. The molecule has 0 bridgehead atoms. The Labute approximate surface area is 117 Å². The Morgan fingerprint density at radius 2 is 2.30 bits per heavy atom. The molecule has 1 aromatic heterocycles. The summed E-state index contributed by atoms with van der Waals surface area (Å²) >= 11 is 0. The van der Waals surface area contributed by atoms with Crippen LogP contribution in [0.2, 0.25) is 0 Å². The second kappa shape index (κ2) is 5.64. The van der Waals surface area contributed by atoms with E-state index in [4.69, 9.17) is 9.15 Å². The van der Waals surface area contributed by atoms with Gasteiger partial charge in [0.05, 0.1) is 25.3 Å². The molecule has 1 N–H and O–H groups in total. The van der Waals surface area contributed by atoms with E-state index in [-0.39, 0.29) is 5.91 Å². The highest BCUT2D eigenvalue weighted by atomic mass is 16.5. The maximum Gasteiger partial charge on any atom is 0.271 e. The molecular formula is C15H18N2O3. The minimum Gasteiger partial charge on any atom is -0.463 e. The van der Waals surface area contributed by atoms with Crippen molar-refractivity contribution in [2.45, 2.75) is 13.3 Å². The van der Waals surface area contributed by atoms with Gasteiger partial charge in [-0.1, -0.05) is 13.0 Å².